The molecule has 0 aliphatic carbocycles. The predicted molar refractivity (Wildman–Crippen MR) is 49.9 cm³/mol. The highest BCUT2D eigenvalue weighted by Gasteiger charge is 2.23. The summed E-state index contributed by atoms with van der Waals surface area (Å²) in [6, 6.07) is 3.82. The van der Waals surface area contributed by atoms with Crippen molar-refractivity contribution in [1.29, 1.82) is 0 Å². The maximum Gasteiger partial charge on any atom is 0.407 e. The van der Waals surface area contributed by atoms with Gasteiger partial charge in [-0.25, -0.2) is 4.79 Å². The van der Waals surface area contributed by atoms with Gasteiger partial charge in [0.15, 0.2) is 0 Å². The summed E-state index contributed by atoms with van der Waals surface area (Å²) >= 11 is 0. The fourth-order valence-electron chi connectivity index (χ4n) is 1.51. The molecule has 1 saturated heterocycles. The van der Waals surface area contributed by atoms with Crippen LogP contribution in [0.25, 0.3) is 0 Å². The largest absolute Gasteiger partial charge is 0.464 e. The van der Waals surface area contributed by atoms with Crippen molar-refractivity contribution in [2.45, 2.75) is 25.8 Å². The maximum atomic E-state index is 10.9. The molecule has 2 heterocycles. The van der Waals surface area contributed by atoms with Gasteiger partial charge in [0.05, 0.1) is 12.6 Å². The number of nitrogens with one attached hydrogen (secondary N) is 1. The van der Waals surface area contributed by atoms with Gasteiger partial charge in [-0.05, 0) is 12.1 Å². The Morgan fingerprint density at radius 2 is 2.43 bits per heavy atom. The summed E-state index contributed by atoms with van der Waals surface area (Å²) in [6.07, 6.45) is 1.27. The van der Waals surface area contributed by atoms with Gasteiger partial charge in [0.25, 0.3) is 0 Å². The van der Waals surface area contributed by atoms with Crippen molar-refractivity contribution < 1.29 is 13.9 Å². The lowest BCUT2D eigenvalue weighted by molar-refractivity contribution is 0.111. The van der Waals surface area contributed by atoms with Crippen molar-refractivity contribution in [2.24, 2.45) is 0 Å². The van der Waals surface area contributed by atoms with E-state index in [2.05, 4.69) is 5.32 Å². The lowest BCUT2D eigenvalue weighted by Gasteiger charge is -2.21. The van der Waals surface area contributed by atoms with E-state index in [-0.39, 0.29) is 12.1 Å². The molecule has 1 aliphatic rings. The molecular weight excluding hydrogens is 182 g/mol. The fraction of sp³-hybridized carbons (Fsp3) is 0.500. The molecule has 0 radical (unpaired) electrons. The van der Waals surface area contributed by atoms with Crippen LogP contribution in [-0.4, -0.2) is 12.7 Å². The van der Waals surface area contributed by atoms with E-state index in [4.69, 9.17) is 9.15 Å². The third-order valence-electron chi connectivity index (χ3n) is 2.31. The van der Waals surface area contributed by atoms with Gasteiger partial charge in [0, 0.05) is 12.8 Å². The van der Waals surface area contributed by atoms with Gasteiger partial charge in [-0.1, -0.05) is 6.92 Å². The number of furan rings is 1. The van der Waals surface area contributed by atoms with E-state index in [1.165, 1.54) is 0 Å². The van der Waals surface area contributed by atoms with Crippen molar-refractivity contribution >= 4 is 6.09 Å². The van der Waals surface area contributed by atoms with Gasteiger partial charge in [-0.2, -0.15) is 0 Å². The summed E-state index contributed by atoms with van der Waals surface area (Å²) in [4.78, 5) is 10.9. The molecule has 1 aromatic heterocycles. The number of ether oxygens (including phenoxy) is 1. The Morgan fingerprint density at radius 3 is 3.07 bits per heavy atom. The molecule has 1 aromatic rings. The van der Waals surface area contributed by atoms with Crippen LogP contribution < -0.4 is 5.32 Å². The highest BCUT2D eigenvalue weighted by molar-refractivity contribution is 5.68. The average molecular weight is 195 g/mol. The molecule has 76 valence electrons. The van der Waals surface area contributed by atoms with Crippen molar-refractivity contribution in [3.63, 3.8) is 0 Å². The molecule has 2 rings (SSSR count). The standard InChI is InChI=1S/C10H13NO3/c1-2-7-3-4-9(14-7)8-5-6-13-10(12)11-8/h3-4,8H,2,5-6H2,1H3,(H,11,12)/t8-/m0/s1. The summed E-state index contributed by atoms with van der Waals surface area (Å²) < 4.78 is 10.3. The van der Waals surface area contributed by atoms with Gasteiger partial charge in [-0.15, -0.1) is 0 Å². The second kappa shape index (κ2) is 3.74. The second-order valence-electron chi connectivity index (χ2n) is 3.28. The summed E-state index contributed by atoms with van der Waals surface area (Å²) in [7, 11) is 0. The molecule has 4 heteroatoms. The number of amides is 1. The first-order valence-electron chi connectivity index (χ1n) is 4.81. The maximum absolute atomic E-state index is 10.9. The molecule has 4 nitrogen and oxygen atoms in total. The number of carbonyl (C=O) groups is 1. The highest BCUT2D eigenvalue weighted by atomic mass is 16.6. The minimum Gasteiger partial charge on any atom is -0.464 e. The quantitative estimate of drug-likeness (QED) is 0.785. The van der Waals surface area contributed by atoms with Crippen LogP contribution in [0.4, 0.5) is 4.79 Å². The van der Waals surface area contributed by atoms with E-state index in [0.29, 0.717) is 6.61 Å². The number of alkyl carbamates (subject to hydrolysis) is 1. The van der Waals surface area contributed by atoms with E-state index >= 15 is 0 Å². The van der Waals surface area contributed by atoms with Crippen molar-refractivity contribution in [2.75, 3.05) is 6.61 Å². The number of rotatable bonds is 2. The Kier molecular flexibility index (Phi) is 2.43. The molecule has 1 fully saturated rings. The minimum absolute atomic E-state index is 0.0310. The first-order valence-corrected chi connectivity index (χ1v) is 4.81. The van der Waals surface area contributed by atoms with Gasteiger partial charge in [-0.3, -0.25) is 0 Å². The van der Waals surface area contributed by atoms with Gasteiger partial charge in [0.2, 0.25) is 0 Å². The zero-order valence-electron chi connectivity index (χ0n) is 8.08. The molecule has 1 N–H and O–H groups in total. The fourth-order valence-corrected chi connectivity index (χ4v) is 1.51. The van der Waals surface area contributed by atoms with E-state index in [1.807, 2.05) is 19.1 Å². The van der Waals surface area contributed by atoms with Crippen LogP contribution in [0.15, 0.2) is 16.5 Å². The van der Waals surface area contributed by atoms with Gasteiger partial charge < -0.3 is 14.5 Å². The Morgan fingerprint density at radius 1 is 1.57 bits per heavy atom. The lowest BCUT2D eigenvalue weighted by atomic mass is 10.1. The third-order valence-corrected chi connectivity index (χ3v) is 2.31. The molecular formula is C10H13NO3. The predicted octanol–water partition coefficient (Wildman–Crippen LogP) is 2.01. The highest BCUT2D eigenvalue weighted by Crippen LogP contribution is 2.22. The molecule has 1 atom stereocenters. The first kappa shape index (κ1) is 9.12. The Balaban J connectivity index is 2.09. The molecule has 1 aliphatic heterocycles. The Labute approximate surface area is 82.2 Å². The van der Waals surface area contributed by atoms with Gasteiger partial charge >= 0.3 is 6.09 Å². The molecule has 0 saturated carbocycles. The topological polar surface area (TPSA) is 51.5 Å². The van der Waals surface area contributed by atoms with Crippen LogP contribution in [0, 0.1) is 0 Å². The molecule has 0 spiro atoms. The molecule has 0 unspecified atom stereocenters. The second-order valence-corrected chi connectivity index (χ2v) is 3.28. The summed E-state index contributed by atoms with van der Waals surface area (Å²) in [5.74, 6) is 1.76. The van der Waals surface area contributed by atoms with Crippen LogP contribution in [-0.2, 0) is 11.2 Å². The number of cyclic esters (lactones) is 1. The number of aryl methyl sites for hydroxylation is 1. The number of carbonyl (C=O) groups excluding carboxylic acids is 1. The van der Waals surface area contributed by atoms with Crippen LogP contribution in [0.2, 0.25) is 0 Å². The normalized spacial score (nSPS) is 21.5. The van der Waals surface area contributed by atoms with E-state index in [0.717, 1.165) is 24.4 Å². The summed E-state index contributed by atoms with van der Waals surface area (Å²) in [5, 5.41) is 2.72. The smallest absolute Gasteiger partial charge is 0.407 e. The van der Waals surface area contributed by atoms with Gasteiger partial charge in [0.1, 0.15) is 11.5 Å². The van der Waals surface area contributed by atoms with Crippen LogP contribution >= 0.6 is 0 Å². The van der Waals surface area contributed by atoms with Crippen LogP contribution in [0.5, 0.6) is 0 Å². The number of hydrogen-bond donors (Lipinski definition) is 1. The molecule has 1 amide bonds. The molecule has 14 heavy (non-hydrogen) atoms. The monoisotopic (exact) mass is 195 g/mol. The van der Waals surface area contributed by atoms with Crippen LogP contribution in [0.3, 0.4) is 0 Å². The number of hydrogen-bond acceptors (Lipinski definition) is 3. The zero-order valence-corrected chi connectivity index (χ0v) is 8.08. The van der Waals surface area contributed by atoms with Crippen molar-refractivity contribution in [1.82, 2.24) is 5.32 Å². The molecule has 0 aromatic carbocycles. The van der Waals surface area contributed by atoms with Crippen molar-refractivity contribution in [3.8, 4) is 0 Å². The summed E-state index contributed by atoms with van der Waals surface area (Å²) in [5.41, 5.74) is 0. The average Bonchev–Trinajstić information content (AvgIpc) is 2.66. The summed E-state index contributed by atoms with van der Waals surface area (Å²) in [6.45, 7) is 2.49. The Hall–Kier alpha value is -1.45. The minimum atomic E-state index is -0.365. The molecule has 0 bridgehead atoms. The van der Waals surface area contributed by atoms with Crippen LogP contribution in [0.1, 0.15) is 30.9 Å². The SMILES string of the molecule is CCc1ccc([C@@H]2CCOC(=O)N2)o1. The Bertz CT molecular complexity index is 332. The lowest BCUT2D eigenvalue weighted by Crippen LogP contribution is -2.35. The zero-order chi connectivity index (χ0) is 9.97. The first-order chi connectivity index (χ1) is 6.79. The van der Waals surface area contributed by atoms with E-state index in [9.17, 15) is 4.79 Å². The third kappa shape index (κ3) is 1.73. The van der Waals surface area contributed by atoms with Crippen molar-refractivity contribution in [3.05, 3.63) is 23.7 Å². The van der Waals surface area contributed by atoms with E-state index < -0.39 is 0 Å². The van der Waals surface area contributed by atoms with E-state index in [1.54, 1.807) is 0 Å².